The lowest BCUT2D eigenvalue weighted by Crippen LogP contribution is -2.31. The summed E-state index contributed by atoms with van der Waals surface area (Å²) in [4.78, 5) is 2.59. The van der Waals surface area contributed by atoms with Crippen molar-refractivity contribution in [1.29, 1.82) is 0 Å². The van der Waals surface area contributed by atoms with E-state index in [2.05, 4.69) is 38.7 Å². The van der Waals surface area contributed by atoms with Crippen LogP contribution in [0, 0.1) is 5.92 Å². The van der Waals surface area contributed by atoms with Crippen LogP contribution in [0.3, 0.4) is 0 Å². The molecule has 1 aliphatic rings. The van der Waals surface area contributed by atoms with E-state index < -0.39 is 0 Å². The molecule has 0 bridgehead atoms. The summed E-state index contributed by atoms with van der Waals surface area (Å²) in [5, 5.41) is 0. The highest BCUT2D eigenvalue weighted by molar-refractivity contribution is 5.05. The highest BCUT2D eigenvalue weighted by Crippen LogP contribution is 2.19. The molecule has 14 heavy (non-hydrogen) atoms. The van der Waals surface area contributed by atoms with E-state index in [0.29, 0.717) is 6.04 Å². The van der Waals surface area contributed by atoms with Crippen LogP contribution in [0.2, 0.25) is 0 Å². The predicted octanol–water partition coefficient (Wildman–Crippen LogP) is 3.46. The molecule has 0 N–H and O–H groups in total. The summed E-state index contributed by atoms with van der Waals surface area (Å²) < 4.78 is 0. The molecule has 0 aromatic rings. The average molecular weight is 195 g/mol. The zero-order chi connectivity index (χ0) is 10.6. The van der Waals surface area contributed by atoms with Crippen LogP contribution in [0.25, 0.3) is 0 Å². The summed E-state index contributed by atoms with van der Waals surface area (Å²) in [6, 6.07) is 0.710. The highest BCUT2D eigenvalue weighted by Gasteiger charge is 2.13. The Hall–Kier alpha value is -0.300. The Morgan fingerprint density at radius 1 is 1.21 bits per heavy atom. The second-order valence-corrected chi connectivity index (χ2v) is 5.13. The van der Waals surface area contributed by atoms with Gasteiger partial charge in [0.2, 0.25) is 0 Å². The minimum absolute atomic E-state index is 0.710. The van der Waals surface area contributed by atoms with Crippen LogP contribution in [0.1, 0.15) is 47.0 Å². The van der Waals surface area contributed by atoms with Crippen molar-refractivity contribution < 1.29 is 0 Å². The summed E-state index contributed by atoms with van der Waals surface area (Å²) in [5.41, 5.74) is 1.68. The number of hydrogen-bond acceptors (Lipinski definition) is 1. The van der Waals surface area contributed by atoms with E-state index in [1.165, 1.54) is 32.4 Å². The second kappa shape index (κ2) is 5.55. The maximum Gasteiger partial charge on any atom is 0.00388 e. The van der Waals surface area contributed by atoms with E-state index in [0.717, 1.165) is 5.92 Å². The maximum absolute atomic E-state index is 2.59. The van der Waals surface area contributed by atoms with Crippen LogP contribution in [0.15, 0.2) is 11.6 Å². The molecule has 0 aromatic carbocycles. The van der Waals surface area contributed by atoms with Gasteiger partial charge < -0.3 is 4.90 Å². The summed E-state index contributed by atoms with van der Waals surface area (Å²) in [5.74, 6) is 0.812. The van der Waals surface area contributed by atoms with Crippen LogP contribution in [-0.2, 0) is 0 Å². The Balaban J connectivity index is 2.41. The van der Waals surface area contributed by atoms with Crippen LogP contribution >= 0.6 is 0 Å². The monoisotopic (exact) mass is 195 g/mol. The Labute approximate surface area is 89.2 Å². The molecular weight excluding hydrogens is 170 g/mol. The Morgan fingerprint density at radius 2 is 1.93 bits per heavy atom. The fourth-order valence-electron chi connectivity index (χ4n) is 2.16. The molecule has 82 valence electrons. The van der Waals surface area contributed by atoms with Gasteiger partial charge in [-0.3, -0.25) is 0 Å². The van der Waals surface area contributed by atoms with Crippen molar-refractivity contribution >= 4 is 0 Å². The molecule has 1 aliphatic heterocycles. The first-order chi connectivity index (χ1) is 6.59. The van der Waals surface area contributed by atoms with Crippen molar-refractivity contribution in [1.82, 2.24) is 4.90 Å². The lowest BCUT2D eigenvalue weighted by atomic mass is 10.00. The van der Waals surface area contributed by atoms with Crippen molar-refractivity contribution in [3.05, 3.63) is 11.6 Å². The average Bonchev–Trinajstić information content (AvgIpc) is 2.28. The number of nitrogens with zero attached hydrogens (tertiary/aromatic N) is 1. The molecule has 0 fully saturated rings. The minimum Gasteiger partial charge on any atom is -0.300 e. The summed E-state index contributed by atoms with van der Waals surface area (Å²) in [6.07, 6.45) is 6.31. The van der Waals surface area contributed by atoms with Crippen molar-refractivity contribution in [2.75, 3.05) is 13.1 Å². The standard InChI is InChI=1S/C13H25N/c1-11(2)10-13-6-5-8-14(9-7-13)12(3)4/h6,11-12H,5,7-10H2,1-4H3. The van der Waals surface area contributed by atoms with Gasteiger partial charge >= 0.3 is 0 Å². The Kier molecular flexibility index (Phi) is 4.67. The fourth-order valence-corrected chi connectivity index (χ4v) is 2.16. The molecular formula is C13H25N. The van der Waals surface area contributed by atoms with Gasteiger partial charge in [0, 0.05) is 19.1 Å². The lowest BCUT2D eigenvalue weighted by Gasteiger charge is -2.24. The molecule has 0 aromatic heterocycles. The number of rotatable bonds is 3. The first kappa shape index (κ1) is 11.8. The van der Waals surface area contributed by atoms with Crippen LogP contribution in [0.4, 0.5) is 0 Å². The van der Waals surface area contributed by atoms with Gasteiger partial charge in [-0.15, -0.1) is 0 Å². The van der Waals surface area contributed by atoms with E-state index in [1.807, 2.05) is 0 Å². The van der Waals surface area contributed by atoms with E-state index >= 15 is 0 Å². The molecule has 0 radical (unpaired) electrons. The third-order valence-electron chi connectivity index (χ3n) is 2.97. The van der Waals surface area contributed by atoms with Gasteiger partial charge in [0.15, 0.2) is 0 Å². The first-order valence-corrected chi connectivity index (χ1v) is 6.01. The van der Waals surface area contributed by atoms with Gasteiger partial charge in [0.1, 0.15) is 0 Å². The second-order valence-electron chi connectivity index (χ2n) is 5.13. The molecule has 0 saturated heterocycles. The quantitative estimate of drug-likeness (QED) is 0.623. The fraction of sp³-hybridized carbons (Fsp3) is 0.846. The smallest absolute Gasteiger partial charge is 0.00388 e. The molecule has 1 heteroatoms. The molecule has 1 heterocycles. The van der Waals surface area contributed by atoms with Crippen molar-refractivity contribution in [2.24, 2.45) is 5.92 Å². The Bertz CT molecular complexity index is 191. The topological polar surface area (TPSA) is 3.24 Å². The minimum atomic E-state index is 0.710. The zero-order valence-electron chi connectivity index (χ0n) is 10.2. The first-order valence-electron chi connectivity index (χ1n) is 6.01. The van der Waals surface area contributed by atoms with Gasteiger partial charge in [-0.2, -0.15) is 0 Å². The van der Waals surface area contributed by atoms with E-state index in [1.54, 1.807) is 5.57 Å². The number of hydrogen-bond donors (Lipinski definition) is 0. The Morgan fingerprint density at radius 3 is 2.50 bits per heavy atom. The van der Waals surface area contributed by atoms with Crippen LogP contribution < -0.4 is 0 Å². The summed E-state index contributed by atoms with van der Waals surface area (Å²) in [7, 11) is 0. The SMILES string of the molecule is CC(C)CC1=CCCN(C(C)C)CC1. The molecule has 0 spiro atoms. The van der Waals surface area contributed by atoms with Crippen molar-refractivity contribution in [3.8, 4) is 0 Å². The molecule has 1 nitrogen and oxygen atoms in total. The van der Waals surface area contributed by atoms with Gasteiger partial charge in [-0.25, -0.2) is 0 Å². The summed E-state index contributed by atoms with van der Waals surface area (Å²) in [6.45, 7) is 11.7. The molecule has 0 saturated carbocycles. The summed E-state index contributed by atoms with van der Waals surface area (Å²) >= 11 is 0. The molecule has 1 rings (SSSR count). The van der Waals surface area contributed by atoms with Gasteiger partial charge in [-0.05, 0) is 39.0 Å². The molecule has 0 unspecified atom stereocenters. The third-order valence-corrected chi connectivity index (χ3v) is 2.97. The third kappa shape index (κ3) is 3.83. The highest BCUT2D eigenvalue weighted by atomic mass is 15.1. The van der Waals surface area contributed by atoms with Crippen LogP contribution in [-0.4, -0.2) is 24.0 Å². The van der Waals surface area contributed by atoms with Gasteiger partial charge in [0.05, 0.1) is 0 Å². The predicted molar refractivity (Wildman–Crippen MR) is 63.5 cm³/mol. The normalized spacial score (nSPS) is 20.0. The van der Waals surface area contributed by atoms with E-state index in [-0.39, 0.29) is 0 Å². The largest absolute Gasteiger partial charge is 0.300 e. The zero-order valence-corrected chi connectivity index (χ0v) is 10.2. The molecule has 0 aliphatic carbocycles. The van der Waals surface area contributed by atoms with Gasteiger partial charge in [0.25, 0.3) is 0 Å². The van der Waals surface area contributed by atoms with E-state index in [9.17, 15) is 0 Å². The molecule has 0 amide bonds. The van der Waals surface area contributed by atoms with Crippen molar-refractivity contribution in [3.63, 3.8) is 0 Å². The lowest BCUT2D eigenvalue weighted by molar-refractivity contribution is 0.232. The van der Waals surface area contributed by atoms with Crippen molar-refractivity contribution in [2.45, 2.75) is 53.0 Å². The van der Waals surface area contributed by atoms with E-state index in [4.69, 9.17) is 0 Å². The van der Waals surface area contributed by atoms with Crippen LogP contribution in [0.5, 0.6) is 0 Å². The molecule has 0 atom stereocenters. The van der Waals surface area contributed by atoms with Gasteiger partial charge in [-0.1, -0.05) is 25.5 Å². The maximum atomic E-state index is 2.59.